The van der Waals surface area contributed by atoms with E-state index in [0.717, 1.165) is 89.9 Å². The fourth-order valence-electron chi connectivity index (χ4n) is 8.10. The molecule has 2 unspecified atom stereocenters. The van der Waals surface area contributed by atoms with Gasteiger partial charge in [-0.25, -0.2) is 0 Å². The highest BCUT2D eigenvalue weighted by Gasteiger charge is 2.56. The maximum atomic E-state index is 14.5. The van der Waals surface area contributed by atoms with Gasteiger partial charge in [0.05, 0.1) is 37.4 Å². The average Bonchev–Trinajstić information content (AvgIpc) is 3.15. The number of carboxylic acid groups (broad SMARTS) is 2. The smallest absolute Gasteiger partial charge is 0.310 e. The summed E-state index contributed by atoms with van der Waals surface area (Å²) in [7, 11) is 3.69. The zero-order valence-corrected chi connectivity index (χ0v) is 37.6. The van der Waals surface area contributed by atoms with Crippen LogP contribution in [0.3, 0.4) is 0 Å². The lowest BCUT2D eigenvalue weighted by Gasteiger charge is -2.46. The normalized spacial score (nSPS) is 13.8. The second-order valence-electron chi connectivity index (χ2n) is 17.6. The second kappa shape index (κ2) is 33.2. The van der Waals surface area contributed by atoms with Gasteiger partial charge in [-0.05, 0) is 39.3 Å². The van der Waals surface area contributed by atoms with E-state index in [1.54, 1.807) is 13.8 Å². The number of aliphatic carboxylic acids is 2. The summed E-state index contributed by atoms with van der Waals surface area (Å²) >= 11 is 0. The van der Waals surface area contributed by atoms with E-state index in [4.69, 9.17) is 9.47 Å². The molecule has 0 spiro atoms. The molecule has 11 nitrogen and oxygen atoms in total. The molecule has 0 aliphatic heterocycles. The van der Waals surface area contributed by atoms with Gasteiger partial charge >= 0.3 is 23.9 Å². The molecule has 0 aromatic rings. The molecule has 3 N–H and O–H groups in total. The Hall–Kier alpha value is -2.69. The fraction of sp³-hybridized carbons (Fsp3) is 0.891. The summed E-state index contributed by atoms with van der Waals surface area (Å²) in [5.74, 6) is -5.16. The number of rotatable bonds is 39. The van der Waals surface area contributed by atoms with Crippen LogP contribution in [-0.2, 0) is 33.4 Å². The third kappa shape index (κ3) is 26.1. The number of nitrogens with one attached hydrogen (secondary N) is 1. The van der Waals surface area contributed by atoms with Gasteiger partial charge in [-0.3, -0.25) is 24.0 Å². The molecular weight excluding hydrogens is 725 g/mol. The highest BCUT2D eigenvalue weighted by molar-refractivity contribution is 5.88. The number of ether oxygens (including phenoxy) is 2. The average molecular weight is 811 g/mol. The molecule has 0 rings (SSSR count). The van der Waals surface area contributed by atoms with E-state index in [9.17, 15) is 34.2 Å². The topological polar surface area (TPSA) is 160 Å². The van der Waals surface area contributed by atoms with Gasteiger partial charge in [0.2, 0.25) is 5.91 Å². The van der Waals surface area contributed by atoms with Crippen molar-refractivity contribution in [3.05, 3.63) is 0 Å². The molecule has 0 heterocycles. The Bertz CT molecular complexity index is 1100. The minimum absolute atomic E-state index is 0.0392. The number of carbonyl (C=O) groups is 5. The largest absolute Gasteiger partial charge is 0.481 e. The van der Waals surface area contributed by atoms with Crippen molar-refractivity contribution in [2.45, 2.75) is 202 Å². The lowest BCUT2D eigenvalue weighted by Crippen LogP contribution is -2.55. The van der Waals surface area contributed by atoms with E-state index >= 15 is 0 Å². The highest BCUT2D eigenvalue weighted by Crippen LogP contribution is 2.50. The minimum Gasteiger partial charge on any atom is -0.481 e. The maximum absolute atomic E-state index is 14.5. The third-order valence-corrected chi connectivity index (χ3v) is 11.4. The summed E-state index contributed by atoms with van der Waals surface area (Å²) in [6.45, 7) is 10.5. The van der Waals surface area contributed by atoms with E-state index in [0.29, 0.717) is 13.2 Å². The molecule has 57 heavy (non-hydrogen) atoms. The number of nitrogens with zero attached hydrogens (tertiary/aromatic N) is 1. The summed E-state index contributed by atoms with van der Waals surface area (Å²) < 4.78 is 11.2. The summed E-state index contributed by atoms with van der Waals surface area (Å²) in [6.07, 6.45) is 22.1. The van der Waals surface area contributed by atoms with Crippen LogP contribution in [0.4, 0.5) is 0 Å². The van der Waals surface area contributed by atoms with E-state index in [1.807, 2.05) is 19.0 Å². The van der Waals surface area contributed by atoms with Crippen LogP contribution >= 0.6 is 0 Å². The molecule has 0 aliphatic carbocycles. The monoisotopic (exact) mass is 811 g/mol. The van der Waals surface area contributed by atoms with Crippen molar-refractivity contribution in [1.29, 1.82) is 0 Å². The Kier molecular flexibility index (Phi) is 31.6. The standard InChI is InChI=1S/C46H86N2O9/c1-8-11-14-17-19-20-21-23-26-35-56-40(51)30-33-47-43(53)42(45(4,5)37-57-41(52)31-34-48(6)7)46(44(54)55,32-29-39(49)50)36-38(27-24-16-13-10-3)28-25-22-18-15-12-9-2/h38,42H,8-37H2,1-7H3,(H,47,53)(H,49,50)(H,54,55)/t38?,42-,46?/m1/s1. The molecule has 0 radical (unpaired) electrons. The van der Waals surface area contributed by atoms with Crippen molar-refractivity contribution in [3.8, 4) is 0 Å². The van der Waals surface area contributed by atoms with Crippen molar-refractivity contribution in [2.24, 2.45) is 22.7 Å². The summed E-state index contributed by atoms with van der Waals surface area (Å²) in [5.41, 5.74) is -2.96. The highest BCUT2D eigenvalue weighted by atomic mass is 16.5. The van der Waals surface area contributed by atoms with Crippen LogP contribution in [0.25, 0.3) is 0 Å². The number of amides is 1. The third-order valence-electron chi connectivity index (χ3n) is 11.4. The van der Waals surface area contributed by atoms with Crippen LogP contribution < -0.4 is 5.32 Å². The number of hydrogen-bond acceptors (Lipinski definition) is 8. The van der Waals surface area contributed by atoms with E-state index in [2.05, 4.69) is 26.1 Å². The first kappa shape index (κ1) is 54.3. The minimum atomic E-state index is -1.77. The van der Waals surface area contributed by atoms with Crippen molar-refractivity contribution in [3.63, 3.8) is 0 Å². The molecule has 0 saturated carbocycles. The molecule has 334 valence electrons. The van der Waals surface area contributed by atoms with Crippen LogP contribution in [0.5, 0.6) is 0 Å². The molecule has 1 amide bonds. The van der Waals surface area contributed by atoms with E-state index in [1.165, 1.54) is 44.9 Å². The predicted molar refractivity (Wildman–Crippen MR) is 229 cm³/mol. The number of carboxylic acids is 2. The van der Waals surface area contributed by atoms with Crippen LogP contribution in [-0.4, -0.2) is 85.3 Å². The second-order valence-corrected chi connectivity index (χ2v) is 17.6. The first-order valence-corrected chi connectivity index (χ1v) is 22.9. The van der Waals surface area contributed by atoms with Gasteiger partial charge in [0, 0.05) is 24.9 Å². The molecule has 11 heteroatoms. The molecule has 3 atom stereocenters. The van der Waals surface area contributed by atoms with Gasteiger partial charge in [0.15, 0.2) is 0 Å². The Morgan fingerprint density at radius 3 is 1.60 bits per heavy atom. The predicted octanol–water partition coefficient (Wildman–Crippen LogP) is 10.4. The molecule has 0 saturated heterocycles. The van der Waals surface area contributed by atoms with Crippen LogP contribution in [0.1, 0.15) is 202 Å². The van der Waals surface area contributed by atoms with Crippen LogP contribution in [0, 0.1) is 22.7 Å². The molecule has 0 aromatic heterocycles. The van der Waals surface area contributed by atoms with E-state index < -0.39 is 53.0 Å². The van der Waals surface area contributed by atoms with Crippen molar-refractivity contribution >= 4 is 29.8 Å². The Balaban J connectivity index is 6.28. The Morgan fingerprint density at radius 1 is 0.632 bits per heavy atom. The van der Waals surface area contributed by atoms with Gasteiger partial charge < -0.3 is 29.9 Å². The summed E-state index contributed by atoms with van der Waals surface area (Å²) in [6, 6.07) is 0. The van der Waals surface area contributed by atoms with E-state index in [-0.39, 0.29) is 44.8 Å². The maximum Gasteiger partial charge on any atom is 0.310 e. The van der Waals surface area contributed by atoms with Gasteiger partial charge in [-0.15, -0.1) is 0 Å². The summed E-state index contributed by atoms with van der Waals surface area (Å²) in [5, 5.41) is 24.0. The lowest BCUT2D eigenvalue weighted by molar-refractivity contribution is -0.170. The van der Waals surface area contributed by atoms with Crippen molar-refractivity contribution in [1.82, 2.24) is 10.2 Å². The SMILES string of the molecule is CCCCCCCCCCCOC(=O)CCNC(=O)[C@H](C(C)(C)COC(=O)CCN(C)C)C(CCC(=O)O)(CC(CCCCCC)CCCCCCCC)C(=O)O. The van der Waals surface area contributed by atoms with Gasteiger partial charge in [-0.1, -0.05) is 163 Å². The van der Waals surface area contributed by atoms with Crippen LogP contribution in [0.2, 0.25) is 0 Å². The first-order valence-electron chi connectivity index (χ1n) is 22.9. The van der Waals surface area contributed by atoms with Gasteiger partial charge in [-0.2, -0.15) is 0 Å². The van der Waals surface area contributed by atoms with Gasteiger partial charge in [0.25, 0.3) is 0 Å². The number of esters is 2. The van der Waals surface area contributed by atoms with Crippen molar-refractivity contribution in [2.75, 3.05) is 40.4 Å². The molecule has 0 aromatic carbocycles. The zero-order chi connectivity index (χ0) is 43.0. The summed E-state index contributed by atoms with van der Waals surface area (Å²) in [4.78, 5) is 67.7. The molecular formula is C46H86N2O9. The number of carbonyl (C=O) groups excluding carboxylic acids is 3. The molecule has 0 bridgehead atoms. The Labute approximate surface area is 347 Å². The van der Waals surface area contributed by atoms with Crippen molar-refractivity contribution < 1.29 is 43.7 Å². The lowest BCUT2D eigenvalue weighted by atomic mass is 9.57. The van der Waals surface area contributed by atoms with Crippen LogP contribution in [0.15, 0.2) is 0 Å². The number of unbranched alkanes of at least 4 members (excludes halogenated alkanes) is 16. The molecule has 0 aliphatic rings. The quantitative estimate of drug-likeness (QED) is 0.0403. The zero-order valence-electron chi connectivity index (χ0n) is 37.6. The Morgan fingerprint density at radius 2 is 1.11 bits per heavy atom. The number of hydrogen-bond donors (Lipinski definition) is 3. The van der Waals surface area contributed by atoms with Gasteiger partial charge in [0.1, 0.15) is 0 Å². The molecule has 0 fully saturated rings. The fourth-order valence-corrected chi connectivity index (χ4v) is 8.10. The first-order chi connectivity index (χ1) is 27.2.